The van der Waals surface area contributed by atoms with E-state index in [1.165, 1.54) is 24.8 Å². The van der Waals surface area contributed by atoms with Crippen molar-refractivity contribution in [2.45, 2.75) is 58.0 Å². The monoisotopic (exact) mass is 260 g/mol. The lowest BCUT2D eigenvalue weighted by molar-refractivity contribution is -0.122. The first kappa shape index (κ1) is 13.9. The molecule has 1 saturated carbocycles. The van der Waals surface area contributed by atoms with Gasteiger partial charge >= 0.3 is 0 Å². The van der Waals surface area contributed by atoms with Crippen molar-refractivity contribution in [3.8, 4) is 0 Å². The average molecular weight is 260 g/mol. The number of nitrogens with one attached hydrogen (secondary N) is 2. The Bertz CT molecular complexity index is 407. The second-order valence-corrected chi connectivity index (χ2v) is 5.58. The molecular weight excluding hydrogens is 236 g/mol. The number of hydrogen-bond donors (Lipinski definition) is 2. The fraction of sp³-hybridized carbons (Fsp3) is 0.562. The number of hydrogen-bond acceptors (Lipinski definition) is 2. The van der Waals surface area contributed by atoms with Crippen LogP contribution in [-0.2, 0) is 4.79 Å². The summed E-state index contributed by atoms with van der Waals surface area (Å²) in [4.78, 5) is 12.1. The SMILES string of the molecule is Cc1ccc(NC(C)C(=O)NC2CCCCC2)cc1. The molecule has 0 heterocycles. The number of aryl methyl sites for hydroxylation is 1. The van der Waals surface area contributed by atoms with E-state index in [4.69, 9.17) is 0 Å². The number of amides is 1. The Hall–Kier alpha value is -1.51. The Morgan fingerprint density at radius 2 is 1.79 bits per heavy atom. The van der Waals surface area contributed by atoms with Crippen LogP contribution in [0.15, 0.2) is 24.3 Å². The van der Waals surface area contributed by atoms with E-state index in [1.807, 2.05) is 31.2 Å². The van der Waals surface area contributed by atoms with Crippen molar-refractivity contribution < 1.29 is 4.79 Å². The summed E-state index contributed by atoms with van der Waals surface area (Å²) in [7, 11) is 0. The largest absolute Gasteiger partial charge is 0.374 e. The predicted octanol–water partition coefficient (Wildman–Crippen LogP) is 3.24. The number of carbonyl (C=O) groups excluding carboxylic acids is 1. The van der Waals surface area contributed by atoms with Crippen molar-refractivity contribution in [3.05, 3.63) is 29.8 Å². The van der Waals surface area contributed by atoms with Gasteiger partial charge in [0.1, 0.15) is 6.04 Å². The Morgan fingerprint density at radius 3 is 2.42 bits per heavy atom. The zero-order valence-corrected chi connectivity index (χ0v) is 11.9. The van der Waals surface area contributed by atoms with Crippen molar-refractivity contribution in [1.29, 1.82) is 0 Å². The highest BCUT2D eigenvalue weighted by atomic mass is 16.2. The number of rotatable bonds is 4. The summed E-state index contributed by atoms with van der Waals surface area (Å²) in [5.74, 6) is 0.104. The van der Waals surface area contributed by atoms with E-state index < -0.39 is 0 Å². The number of benzene rings is 1. The minimum atomic E-state index is -0.190. The first-order chi connectivity index (χ1) is 9.15. The molecule has 1 aromatic rings. The van der Waals surface area contributed by atoms with Crippen LogP contribution in [0, 0.1) is 6.92 Å². The van der Waals surface area contributed by atoms with E-state index in [1.54, 1.807) is 0 Å². The average Bonchev–Trinajstić information content (AvgIpc) is 2.42. The van der Waals surface area contributed by atoms with Crippen molar-refractivity contribution in [3.63, 3.8) is 0 Å². The zero-order valence-electron chi connectivity index (χ0n) is 11.9. The van der Waals surface area contributed by atoms with Crippen molar-refractivity contribution in [2.24, 2.45) is 0 Å². The lowest BCUT2D eigenvalue weighted by Crippen LogP contribution is -2.43. The molecule has 104 valence electrons. The molecule has 1 aliphatic carbocycles. The quantitative estimate of drug-likeness (QED) is 0.872. The van der Waals surface area contributed by atoms with E-state index in [9.17, 15) is 4.79 Å². The van der Waals surface area contributed by atoms with Crippen LogP contribution in [0.1, 0.15) is 44.6 Å². The van der Waals surface area contributed by atoms with Gasteiger partial charge in [0.25, 0.3) is 0 Å². The normalized spacial score (nSPS) is 17.8. The molecule has 1 atom stereocenters. The first-order valence-corrected chi connectivity index (χ1v) is 7.29. The second kappa shape index (κ2) is 6.60. The lowest BCUT2D eigenvalue weighted by atomic mass is 9.95. The Balaban J connectivity index is 1.83. The molecule has 0 aliphatic heterocycles. The molecule has 1 aliphatic rings. The van der Waals surface area contributed by atoms with Gasteiger partial charge in [0.05, 0.1) is 0 Å². The Labute approximate surface area is 115 Å². The third-order valence-corrected chi connectivity index (χ3v) is 3.78. The van der Waals surface area contributed by atoms with E-state index in [2.05, 4.69) is 17.6 Å². The molecule has 3 heteroatoms. The van der Waals surface area contributed by atoms with Gasteiger partial charge < -0.3 is 10.6 Å². The van der Waals surface area contributed by atoms with E-state index in [0.29, 0.717) is 6.04 Å². The van der Waals surface area contributed by atoms with Crippen LogP contribution in [-0.4, -0.2) is 18.0 Å². The predicted molar refractivity (Wildman–Crippen MR) is 79.3 cm³/mol. The van der Waals surface area contributed by atoms with E-state index in [0.717, 1.165) is 18.5 Å². The fourth-order valence-corrected chi connectivity index (χ4v) is 2.54. The van der Waals surface area contributed by atoms with Crippen molar-refractivity contribution in [1.82, 2.24) is 5.32 Å². The molecule has 2 N–H and O–H groups in total. The topological polar surface area (TPSA) is 41.1 Å². The Kier molecular flexibility index (Phi) is 4.83. The molecular formula is C16H24N2O. The molecule has 3 nitrogen and oxygen atoms in total. The molecule has 0 spiro atoms. The maximum absolute atomic E-state index is 12.1. The summed E-state index contributed by atoms with van der Waals surface area (Å²) in [5.41, 5.74) is 2.22. The summed E-state index contributed by atoms with van der Waals surface area (Å²) >= 11 is 0. The second-order valence-electron chi connectivity index (χ2n) is 5.58. The van der Waals surface area contributed by atoms with Gasteiger partial charge in [-0.3, -0.25) is 4.79 Å². The molecule has 0 saturated heterocycles. The molecule has 1 amide bonds. The van der Waals surface area contributed by atoms with Gasteiger partial charge in [0, 0.05) is 11.7 Å². The van der Waals surface area contributed by atoms with Gasteiger partial charge in [-0.25, -0.2) is 0 Å². The third kappa shape index (κ3) is 4.27. The van der Waals surface area contributed by atoms with Gasteiger partial charge in [-0.1, -0.05) is 37.0 Å². The molecule has 2 rings (SSSR count). The minimum absolute atomic E-state index is 0.104. The van der Waals surface area contributed by atoms with Gasteiger partial charge in [-0.05, 0) is 38.8 Å². The highest BCUT2D eigenvalue weighted by Crippen LogP contribution is 2.17. The van der Waals surface area contributed by atoms with E-state index in [-0.39, 0.29) is 11.9 Å². The number of carbonyl (C=O) groups is 1. The van der Waals surface area contributed by atoms with Crippen LogP contribution in [0.4, 0.5) is 5.69 Å². The van der Waals surface area contributed by atoms with Crippen LogP contribution in [0.25, 0.3) is 0 Å². The smallest absolute Gasteiger partial charge is 0.242 e. The van der Waals surface area contributed by atoms with Crippen LogP contribution >= 0.6 is 0 Å². The summed E-state index contributed by atoms with van der Waals surface area (Å²) in [6.45, 7) is 3.97. The molecule has 0 bridgehead atoms. The van der Waals surface area contributed by atoms with Crippen LogP contribution in [0.2, 0.25) is 0 Å². The Morgan fingerprint density at radius 1 is 1.16 bits per heavy atom. The maximum Gasteiger partial charge on any atom is 0.242 e. The summed E-state index contributed by atoms with van der Waals surface area (Å²) < 4.78 is 0. The van der Waals surface area contributed by atoms with Crippen LogP contribution in [0.5, 0.6) is 0 Å². The standard InChI is InChI=1S/C16H24N2O/c1-12-8-10-15(11-9-12)17-13(2)16(19)18-14-6-4-3-5-7-14/h8-11,13-14,17H,3-7H2,1-2H3,(H,18,19). The lowest BCUT2D eigenvalue weighted by Gasteiger charge is -2.25. The minimum Gasteiger partial charge on any atom is -0.374 e. The van der Waals surface area contributed by atoms with Crippen LogP contribution in [0.3, 0.4) is 0 Å². The highest BCUT2D eigenvalue weighted by molar-refractivity contribution is 5.84. The zero-order chi connectivity index (χ0) is 13.7. The van der Waals surface area contributed by atoms with Gasteiger partial charge in [-0.2, -0.15) is 0 Å². The van der Waals surface area contributed by atoms with Crippen molar-refractivity contribution in [2.75, 3.05) is 5.32 Å². The molecule has 1 fully saturated rings. The number of anilines is 1. The molecule has 19 heavy (non-hydrogen) atoms. The van der Waals surface area contributed by atoms with Crippen molar-refractivity contribution >= 4 is 11.6 Å². The van der Waals surface area contributed by atoms with Gasteiger partial charge in [-0.15, -0.1) is 0 Å². The molecule has 1 unspecified atom stereocenters. The third-order valence-electron chi connectivity index (χ3n) is 3.78. The molecule has 1 aromatic carbocycles. The fourth-order valence-electron chi connectivity index (χ4n) is 2.54. The highest BCUT2D eigenvalue weighted by Gasteiger charge is 2.19. The maximum atomic E-state index is 12.1. The van der Waals surface area contributed by atoms with Crippen LogP contribution < -0.4 is 10.6 Å². The summed E-state index contributed by atoms with van der Waals surface area (Å²) in [6, 6.07) is 8.31. The van der Waals surface area contributed by atoms with Gasteiger partial charge in [0.2, 0.25) is 5.91 Å². The van der Waals surface area contributed by atoms with E-state index >= 15 is 0 Å². The summed E-state index contributed by atoms with van der Waals surface area (Å²) in [5, 5.41) is 6.40. The molecule has 0 aromatic heterocycles. The summed E-state index contributed by atoms with van der Waals surface area (Å²) in [6.07, 6.45) is 6.05. The molecule has 0 radical (unpaired) electrons. The van der Waals surface area contributed by atoms with Gasteiger partial charge in [0.15, 0.2) is 0 Å². The first-order valence-electron chi connectivity index (χ1n) is 7.29.